The van der Waals surface area contributed by atoms with Crippen LogP contribution >= 0.6 is 37.6 Å². The molecule has 0 aliphatic carbocycles. The van der Waals surface area contributed by atoms with Gasteiger partial charge in [0.2, 0.25) is 0 Å². The van der Waals surface area contributed by atoms with Crippen LogP contribution in [0.3, 0.4) is 0 Å². The lowest BCUT2D eigenvalue weighted by molar-refractivity contribution is 0.476. The van der Waals surface area contributed by atoms with Gasteiger partial charge in [0.1, 0.15) is 22.7 Å². The second-order valence-electron chi connectivity index (χ2n) is 15.0. The molecule has 7 aromatic rings. The molecular weight excluding hydrogens is 701 g/mol. The van der Waals surface area contributed by atoms with Crippen molar-refractivity contribution in [2.75, 3.05) is 0 Å². The summed E-state index contributed by atoms with van der Waals surface area (Å²) in [4.78, 5) is 0. The molecule has 1 unspecified atom stereocenters. The molecule has 1 atom stereocenters. The molecule has 0 saturated carbocycles. The lowest BCUT2D eigenvalue weighted by atomic mass is 9.82. The van der Waals surface area contributed by atoms with E-state index < -0.39 is 15.1 Å². The summed E-state index contributed by atoms with van der Waals surface area (Å²) in [7, 11) is -2.01. The molecule has 8 heteroatoms. The minimum Gasteiger partial charge on any atom is -0.444 e. The SMILES string of the molecule is Cc1cc(-c2c(OP(Cl)Cl)ccc3ccccc23)c(Op2oc3ccc4ccccc4c3c3cc(C)cc(C(C)(C)C)c3o2)c(C(C)(C)C)c1. The van der Waals surface area contributed by atoms with Crippen LogP contribution in [0.2, 0.25) is 0 Å². The van der Waals surface area contributed by atoms with Crippen molar-refractivity contribution in [1.29, 1.82) is 0 Å². The van der Waals surface area contributed by atoms with E-state index in [1.54, 1.807) is 0 Å². The Labute approximate surface area is 305 Å². The van der Waals surface area contributed by atoms with E-state index in [2.05, 4.69) is 122 Å². The summed E-state index contributed by atoms with van der Waals surface area (Å²) >= 11 is 12.6. The molecule has 1 aromatic heterocycles. The summed E-state index contributed by atoms with van der Waals surface area (Å²) in [6.45, 7) is 15.7. The van der Waals surface area contributed by atoms with E-state index in [4.69, 9.17) is 39.9 Å². The van der Waals surface area contributed by atoms with Crippen molar-refractivity contribution in [2.24, 2.45) is 0 Å². The van der Waals surface area contributed by atoms with Gasteiger partial charge in [0.05, 0.1) is 0 Å². The predicted molar refractivity (Wildman–Crippen MR) is 215 cm³/mol. The molecular formula is C42H40Cl2O4P2. The summed E-state index contributed by atoms with van der Waals surface area (Å²) in [6.07, 6.45) is 0. The zero-order valence-electron chi connectivity index (χ0n) is 29.5. The Bertz CT molecular complexity index is 2470. The van der Waals surface area contributed by atoms with Crippen LogP contribution in [0, 0.1) is 13.8 Å². The molecule has 6 aromatic carbocycles. The summed E-state index contributed by atoms with van der Waals surface area (Å²) in [6, 6.07) is 33.5. The molecule has 0 aliphatic heterocycles. The van der Waals surface area contributed by atoms with E-state index in [1.807, 2.05) is 30.3 Å². The van der Waals surface area contributed by atoms with Crippen molar-refractivity contribution in [3.63, 3.8) is 0 Å². The van der Waals surface area contributed by atoms with Crippen LogP contribution < -0.4 is 9.05 Å². The molecule has 0 saturated heterocycles. The molecule has 0 fully saturated rings. The number of benzene rings is 6. The van der Waals surface area contributed by atoms with Crippen molar-refractivity contribution >= 4 is 81.1 Å². The highest BCUT2D eigenvalue weighted by molar-refractivity contribution is 8.00. The lowest BCUT2D eigenvalue weighted by Crippen LogP contribution is -2.13. The van der Waals surface area contributed by atoms with E-state index in [1.165, 1.54) is 0 Å². The Balaban J connectivity index is 1.61. The molecule has 7 rings (SSSR count). The van der Waals surface area contributed by atoms with Crippen LogP contribution in [-0.4, -0.2) is 0 Å². The average Bonchev–Trinajstić information content (AvgIpc) is 3.20. The number of fused-ring (bicyclic) bond motifs is 6. The first-order chi connectivity index (χ1) is 23.7. The summed E-state index contributed by atoms with van der Waals surface area (Å²) in [5.74, 6) is 1.25. The Morgan fingerprint density at radius 1 is 0.640 bits per heavy atom. The van der Waals surface area contributed by atoms with E-state index in [9.17, 15) is 0 Å². The molecule has 0 radical (unpaired) electrons. The zero-order valence-corrected chi connectivity index (χ0v) is 32.8. The summed E-state index contributed by atoms with van der Waals surface area (Å²) in [5.41, 5.74) is 7.03. The predicted octanol–water partition coefficient (Wildman–Crippen LogP) is 15.4. The standard InChI is InChI=1S/C42H40Cl2O4P2/c1-25-21-31(37-29-15-11-9-13-27(29)17-19-35(37)45-49(43)44)39(33(23-25)41(3,4)5)47-50-46-36-20-18-28-14-10-12-16-30(28)38(36)32-22-26(2)24-34(40(32)48-50)42(6,7)8/h9-24H,1-8H3. The Morgan fingerprint density at radius 2 is 1.24 bits per heavy atom. The largest absolute Gasteiger partial charge is 0.453 e. The molecule has 0 N–H and O–H groups in total. The smallest absolute Gasteiger partial charge is 0.444 e. The topological polar surface area (TPSA) is 44.7 Å². The minimum atomic E-state index is -2.01. The van der Waals surface area contributed by atoms with Gasteiger partial charge in [-0.2, -0.15) is 0 Å². The third-order valence-electron chi connectivity index (χ3n) is 9.07. The van der Waals surface area contributed by atoms with E-state index in [0.717, 1.165) is 71.3 Å². The van der Waals surface area contributed by atoms with Gasteiger partial charge in [-0.05, 0) is 104 Å². The number of aryl methyl sites for hydroxylation is 2. The van der Waals surface area contributed by atoms with Crippen LogP contribution in [0.15, 0.2) is 105 Å². The van der Waals surface area contributed by atoms with Gasteiger partial charge in [-0.3, -0.25) is 0 Å². The van der Waals surface area contributed by atoms with Crippen molar-refractivity contribution in [1.82, 2.24) is 0 Å². The highest BCUT2D eigenvalue weighted by atomic mass is 35.9. The molecule has 0 amide bonds. The fourth-order valence-electron chi connectivity index (χ4n) is 6.80. The Kier molecular flexibility index (Phi) is 9.15. The quantitative estimate of drug-likeness (QED) is 0.165. The summed E-state index contributed by atoms with van der Waals surface area (Å²) < 4.78 is 27.2. The Hall–Kier alpha value is -3.65. The molecule has 4 nitrogen and oxygen atoms in total. The number of hydrogen-bond donors (Lipinski definition) is 0. The monoisotopic (exact) mass is 740 g/mol. The molecule has 256 valence electrons. The molecule has 0 spiro atoms. The van der Waals surface area contributed by atoms with Gasteiger partial charge in [-0.15, -0.1) is 0 Å². The summed E-state index contributed by atoms with van der Waals surface area (Å²) in [5, 5.41) is 6.28. The van der Waals surface area contributed by atoms with Crippen LogP contribution in [0.5, 0.6) is 11.5 Å². The first-order valence-electron chi connectivity index (χ1n) is 16.7. The van der Waals surface area contributed by atoms with Crippen LogP contribution in [0.1, 0.15) is 63.8 Å². The fraction of sp³-hybridized carbons (Fsp3) is 0.238. The van der Waals surface area contributed by atoms with Gasteiger partial charge in [-0.1, -0.05) is 114 Å². The highest BCUT2D eigenvalue weighted by Crippen LogP contribution is 2.54. The van der Waals surface area contributed by atoms with Gasteiger partial charge >= 0.3 is 8.24 Å². The van der Waals surface area contributed by atoms with Gasteiger partial charge in [0, 0.05) is 33.0 Å². The van der Waals surface area contributed by atoms with E-state index in [0.29, 0.717) is 17.1 Å². The number of halogens is 2. The first-order valence-corrected chi connectivity index (χ1v) is 20.8. The van der Waals surface area contributed by atoms with E-state index in [-0.39, 0.29) is 10.8 Å². The van der Waals surface area contributed by atoms with E-state index >= 15 is 0 Å². The maximum atomic E-state index is 7.17. The molecule has 1 heterocycles. The van der Waals surface area contributed by atoms with Crippen molar-refractivity contribution < 1.29 is 17.4 Å². The van der Waals surface area contributed by atoms with Crippen molar-refractivity contribution in [3.05, 3.63) is 119 Å². The van der Waals surface area contributed by atoms with Gasteiger partial charge in [0.25, 0.3) is 6.85 Å². The maximum absolute atomic E-state index is 7.17. The first kappa shape index (κ1) is 34.8. The van der Waals surface area contributed by atoms with Crippen LogP contribution in [0.4, 0.5) is 0 Å². The number of rotatable bonds is 5. The zero-order chi connectivity index (χ0) is 35.5. The minimum absolute atomic E-state index is 0.214. The second-order valence-corrected chi connectivity index (χ2v) is 18.9. The van der Waals surface area contributed by atoms with Gasteiger partial charge in [0.15, 0.2) is 0 Å². The normalized spacial score (nSPS) is 12.7. The lowest BCUT2D eigenvalue weighted by Gasteiger charge is -2.26. The fourth-order valence-corrected chi connectivity index (χ4v) is 8.66. The van der Waals surface area contributed by atoms with Crippen molar-refractivity contribution in [3.8, 4) is 22.6 Å². The Morgan fingerprint density at radius 3 is 1.92 bits per heavy atom. The maximum Gasteiger partial charge on any atom is 0.453 e. The third-order valence-corrected chi connectivity index (χ3v) is 10.8. The van der Waals surface area contributed by atoms with Gasteiger partial charge < -0.3 is 17.4 Å². The average molecular weight is 742 g/mol. The molecule has 0 bridgehead atoms. The third kappa shape index (κ3) is 6.60. The highest BCUT2D eigenvalue weighted by Gasteiger charge is 2.29. The van der Waals surface area contributed by atoms with Gasteiger partial charge in [-0.25, -0.2) is 0 Å². The second kappa shape index (κ2) is 13.2. The van der Waals surface area contributed by atoms with Crippen LogP contribution in [0.25, 0.3) is 54.6 Å². The number of hydrogen-bond acceptors (Lipinski definition) is 4. The van der Waals surface area contributed by atoms with Crippen LogP contribution in [-0.2, 0) is 10.8 Å². The molecule has 50 heavy (non-hydrogen) atoms. The molecule has 0 aliphatic rings. The van der Waals surface area contributed by atoms with Crippen molar-refractivity contribution in [2.45, 2.75) is 66.2 Å².